The van der Waals surface area contributed by atoms with Gasteiger partial charge >= 0.3 is 0 Å². The van der Waals surface area contributed by atoms with Crippen LogP contribution in [0.25, 0.3) is 0 Å². The molecule has 2 rings (SSSR count). The summed E-state index contributed by atoms with van der Waals surface area (Å²) in [6.07, 6.45) is 1.39. The molecule has 1 aromatic heterocycles. The van der Waals surface area contributed by atoms with Crippen LogP contribution in [0, 0.1) is 5.82 Å². The van der Waals surface area contributed by atoms with Crippen molar-refractivity contribution in [2.75, 3.05) is 12.4 Å². The summed E-state index contributed by atoms with van der Waals surface area (Å²) >= 11 is 0. The molecule has 0 aliphatic rings. The first-order chi connectivity index (χ1) is 7.78. The molecule has 0 saturated carbocycles. The van der Waals surface area contributed by atoms with Crippen LogP contribution in [-0.4, -0.2) is 17.0 Å². The monoisotopic (exact) mass is 219 g/mol. The molecule has 0 radical (unpaired) electrons. The average molecular weight is 219 g/mol. The summed E-state index contributed by atoms with van der Waals surface area (Å²) in [5.41, 5.74) is 0. The second-order valence-electron chi connectivity index (χ2n) is 3.05. The minimum Gasteiger partial charge on any atom is -0.439 e. The van der Waals surface area contributed by atoms with Crippen LogP contribution in [0.1, 0.15) is 0 Å². The summed E-state index contributed by atoms with van der Waals surface area (Å²) in [6.45, 7) is 0. The van der Waals surface area contributed by atoms with Gasteiger partial charge in [0, 0.05) is 13.1 Å². The lowest BCUT2D eigenvalue weighted by Crippen LogP contribution is -1.94. The summed E-state index contributed by atoms with van der Waals surface area (Å²) in [5.74, 6) is 1.30. The van der Waals surface area contributed by atoms with Crippen LogP contribution in [0.4, 0.5) is 10.2 Å². The molecule has 0 amide bonds. The van der Waals surface area contributed by atoms with E-state index < -0.39 is 0 Å². The Bertz CT molecular complexity index is 473. The lowest BCUT2D eigenvalue weighted by atomic mass is 10.3. The van der Waals surface area contributed by atoms with E-state index >= 15 is 0 Å². The standard InChI is InChI=1S/C11H10FN3O/c1-13-10-6-11(15-7-14-10)16-9-4-2-8(12)3-5-9/h2-7H,1H3,(H,13,14,15). The Hall–Kier alpha value is -2.17. The molecule has 82 valence electrons. The number of anilines is 1. The molecule has 0 unspecified atom stereocenters. The molecule has 0 bridgehead atoms. The van der Waals surface area contributed by atoms with Crippen molar-refractivity contribution in [1.82, 2.24) is 9.97 Å². The number of benzene rings is 1. The van der Waals surface area contributed by atoms with E-state index in [9.17, 15) is 4.39 Å². The van der Waals surface area contributed by atoms with Crippen LogP contribution >= 0.6 is 0 Å². The van der Waals surface area contributed by atoms with Crippen LogP contribution in [0.3, 0.4) is 0 Å². The first-order valence-corrected chi connectivity index (χ1v) is 4.71. The zero-order valence-electron chi connectivity index (χ0n) is 8.64. The molecule has 1 N–H and O–H groups in total. The number of hydrogen-bond acceptors (Lipinski definition) is 4. The number of nitrogens with zero attached hydrogens (tertiary/aromatic N) is 2. The second-order valence-corrected chi connectivity index (χ2v) is 3.05. The predicted octanol–water partition coefficient (Wildman–Crippen LogP) is 2.45. The van der Waals surface area contributed by atoms with Gasteiger partial charge in [0.1, 0.15) is 23.7 Å². The molecule has 0 fully saturated rings. The van der Waals surface area contributed by atoms with Gasteiger partial charge in [-0.05, 0) is 24.3 Å². The molecule has 0 spiro atoms. The van der Waals surface area contributed by atoms with Gasteiger partial charge in [0.2, 0.25) is 5.88 Å². The fourth-order valence-electron chi connectivity index (χ4n) is 1.16. The van der Waals surface area contributed by atoms with Gasteiger partial charge in [-0.1, -0.05) is 0 Å². The minimum atomic E-state index is -0.300. The van der Waals surface area contributed by atoms with Gasteiger partial charge in [-0.15, -0.1) is 0 Å². The highest BCUT2D eigenvalue weighted by Crippen LogP contribution is 2.20. The first kappa shape index (κ1) is 10.4. The highest BCUT2D eigenvalue weighted by Gasteiger charge is 2.00. The third kappa shape index (κ3) is 2.44. The van der Waals surface area contributed by atoms with Crippen molar-refractivity contribution in [3.05, 3.63) is 42.5 Å². The largest absolute Gasteiger partial charge is 0.439 e. The molecule has 2 aromatic rings. The van der Waals surface area contributed by atoms with Gasteiger partial charge in [-0.25, -0.2) is 14.4 Å². The Morgan fingerprint density at radius 2 is 1.94 bits per heavy atom. The highest BCUT2D eigenvalue weighted by atomic mass is 19.1. The van der Waals surface area contributed by atoms with Crippen molar-refractivity contribution >= 4 is 5.82 Å². The van der Waals surface area contributed by atoms with Crippen molar-refractivity contribution in [1.29, 1.82) is 0 Å². The zero-order valence-corrected chi connectivity index (χ0v) is 8.64. The van der Waals surface area contributed by atoms with Gasteiger partial charge in [0.15, 0.2) is 0 Å². The van der Waals surface area contributed by atoms with Gasteiger partial charge in [0.05, 0.1) is 0 Å². The summed E-state index contributed by atoms with van der Waals surface area (Å²) < 4.78 is 18.1. The molecule has 0 aliphatic heterocycles. The summed E-state index contributed by atoms with van der Waals surface area (Å²) in [6, 6.07) is 7.39. The summed E-state index contributed by atoms with van der Waals surface area (Å²) in [5, 5.41) is 2.87. The number of hydrogen-bond donors (Lipinski definition) is 1. The molecule has 1 aromatic carbocycles. The SMILES string of the molecule is CNc1cc(Oc2ccc(F)cc2)ncn1. The number of rotatable bonds is 3. The quantitative estimate of drug-likeness (QED) is 0.861. The Kier molecular flexibility index (Phi) is 2.95. The Balaban J connectivity index is 2.16. The molecule has 0 aliphatic carbocycles. The summed E-state index contributed by atoms with van der Waals surface area (Å²) in [7, 11) is 1.75. The van der Waals surface area contributed by atoms with Gasteiger partial charge in [0.25, 0.3) is 0 Å². The van der Waals surface area contributed by atoms with Crippen LogP contribution < -0.4 is 10.1 Å². The Labute approximate surface area is 92.1 Å². The van der Waals surface area contributed by atoms with Crippen LogP contribution in [0.15, 0.2) is 36.7 Å². The maximum atomic E-state index is 12.7. The first-order valence-electron chi connectivity index (χ1n) is 4.71. The molecule has 16 heavy (non-hydrogen) atoms. The number of halogens is 1. The second kappa shape index (κ2) is 4.57. The van der Waals surface area contributed by atoms with E-state index in [0.29, 0.717) is 17.4 Å². The molecule has 5 heteroatoms. The molecule has 1 heterocycles. The van der Waals surface area contributed by atoms with Gasteiger partial charge < -0.3 is 10.1 Å². The number of aromatic nitrogens is 2. The molecule has 0 atom stereocenters. The molecular formula is C11H10FN3O. The lowest BCUT2D eigenvalue weighted by Gasteiger charge is -2.05. The molecular weight excluding hydrogens is 209 g/mol. The lowest BCUT2D eigenvalue weighted by molar-refractivity contribution is 0.460. The van der Waals surface area contributed by atoms with Crippen molar-refractivity contribution in [2.24, 2.45) is 0 Å². The zero-order chi connectivity index (χ0) is 11.4. The van der Waals surface area contributed by atoms with Crippen LogP contribution in [0.5, 0.6) is 11.6 Å². The highest BCUT2D eigenvalue weighted by molar-refractivity contribution is 5.38. The van der Waals surface area contributed by atoms with E-state index in [-0.39, 0.29) is 5.82 Å². The van der Waals surface area contributed by atoms with E-state index in [1.807, 2.05) is 0 Å². The maximum Gasteiger partial charge on any atom is 0.224 e. The van der Waals surface area contributed by atoms with Crippen LogP contribution in [-0.2, 0) is 0 Å². The maximum absolute atomic E-state index is 12.7. The third-order valence-electron chi connectivity index (χ3n) is 1.93. The van der Waals surface area contributed by atoms with Crippen molar-refractivity contribution in [3.8, 4) is 11.6 Å². The third-order valence-corrected chi connectivity index (χ3v) is 1.93. The number of ether oxygens (including phenoxy) is 1. The van der Waals surface area contributed by atoms with E-state index in [1.54, 1.807) is 13.1 Å². The van der Waals surface area contributed by atoms with E-state index in [2.05, 4.69) is 15.3 Å². The van der Waals surface area contributed by atoms with E-state index in [4.69, 9.17) is 4.74 Å². The Morgan fingerprint density at radius 3 is 2.62 bits per heavy atom. The molecule has 4 nitrogen and oxygen atoms in total. The fourth-order valence-corrected chi connectivity index (χ4v) is 1.16. The van der Waals surface area contributed by atoms with Gasteiger partial charge in [-0.2, -0.15) is 0 Å². The topological polar surface area (TPSA) is 47.0 Å². The van der Waals surface area contributed by atoms with E-state index in [0.717, 1.165) is 0 Å². The van der Waals surface area contributed by atoms with Gasteiger partial charge in [-0.3, -0.25) is 0 Å². The van der Waals surface area contributed by atoms with Crippen LogP contribution in [0.2, 0.25) is 0 Å². The smallest absolute Gasteiger partial charge is 0.224 e. The fraction of sp³-hybridized carbons (Fsp3) is 0.0909. The minimum absolute atomic E-state index is 0.300. The Morgan fingerprint density at radius 1 is 1.19 bits per heavy atom. The van der Waals surface area contributed by atoms with Crippen molar-refractivity contribution < 1.29 is 9.13 Å². The average Bonchev–Trinajstić information content (AvgIpc) is 2.32. The van der Waals surface area contributed by atoms with Crippen molar-refractivity contribution in [2.45, 2.75) is 0 Å². The number of nitrogens with one attached hydrogen (secondary N) is 1. The van der Waals surface area contributed by atoms with E-state index in [1.165, 1.54) is 30.6 Å². The normalized spacial score (nSPS) is 9.88. The predicted molar refractivity (Wildman–Crippen MR) is 58.1 cm³/mol. The summed E-state index contributed by atoms with van der Waals surface area (Å²) in [4.78, 5) is 7.89. The molecule has 0 saturated heterocycles. The van der Waals surface area contributed by atoms with Crippen molar-refractivity contribution in [3.63, 3.8) is 0 Å².